The first-order valence-corrected chi connectivity index (χ1v) is 5.70. The number of hydrogen-bond acceptors (Lipinski definition) is 3. The zero-order valence-corrected chi connectivity index (χ0v) is 11.9. The van der Waals surface area contributed by atoms with Gasteiger partial charge in [-0.1, -0.05) is 30.8 Å². The average Bonchev–Trinajstić information content (AvgIpc) is 2.22. The summed E-state index contributed by atoms with van der Waals surface area (Å²) in [5.74, 6) is 0.934. The van der Waals surface area contributed by atoms with Crippen molar-refractivity contribution in [3.05, 3.63) is 36.0 Å². The van der Waals surface area contributed by atoms with E-state index in [9.17, 15) is 0 Å². The molecule has 0 aliphatic rings. The molecule has 0 saturated carbocycles. The molecule has 96 valence electrons. The standard InChI is InChI=1S/C11H15N3S.2ClH/c1-2-15-11(13)14-10-5-3-9(4-6-10)7-8-12;;/h3-8H,2,12H2,1H3,(H2,13,14);2*1H. The molecule has 6 heteroatoms. The van der Waals surface area contributed by atoms with Crippen LogP contribution < -0.4 is 11.5 Å². The molecule has 0 fully saturated rings. The van der Waals surface area contributed by atoms with Gasteiger partial charge in [0.2, 0.25) is 0 Å². The van der Waals surface area contributed by atoms with Gasteiger partial charge in [-0.2, -0.15) is 0 Å². The lowest BCUT2D eigenvalue weighted by Gasteiger charge is -1.98. The highest BCUT2D eigenvalue weighted by atomic mass is 35.5. The molecule has 0 saturated heterocycles. The van der Waals surface area contributed by atoms with E-state index >= 15 is 0 Å². The SMILES string of the molecule is CCSC(N)=Nc1ccc(C=CN)cc1.Cl.Cl. The van der Waals surface area contributed by atoms with Crippen LogP contribution in [0.4, 0.5) is 5.69 Å². The molecule has 0 bridgehead atoms. The molecular formula is C11H17Cl2N3S. The van der Waals surface area contributed by atoms with Gasteiger partial charge in [0, 0.05) is 0 Å². The molecule has 4 N–H and O–H groups in total. The molecule has 0 atom stereocenters. The van der Waals surface area contributed by atoms with E-state index in [-0.39, 0.29) is 24.8 Å². The van der Waals surface area contributed by atoms with Crippen LogP contribution >= 0.6 is 36.6 Å². The Bertz CT molecular complexity index is 363. The highest BCUT2D eigenvalue weighted by Crippen LogP contribution is 2.15. The Labute approximate surface area is 119 Å². The number of hydrogen-bond donors (Lipinski definition) is 2. The molecule has 1 rings (SSSR count). The Morgan fingerprint density at radius 2 is 1.88 bits per heavy atom. The smallest absolute Gasteiger partial charge is 0.159 e. The average molecular weight is 294 g/mol. The summed E-state index contributed by atoms with van der Waals surface area (Å²) < 4.78 is 0. The summed E-state index contributed by atoms with van der Waals surface area (Å²) in [6.45, 7) is 2.04. The van der Waals surface area contributed by atoms with Crippen molar-refractivity contribution < 1.29 is 0 Å². The van der Waals surface area contributed by atoms with E-state index in [1.54, 1.807) is 0 Å². The van der Waals surface area contributed by atoms with E-state index in [4.69, 9.17) is 11.5 Å². The molecule has 3 nitrogen and oxygen atoms in total. The molecule has 1 aromatic rings. The molecule has 0 aliphatic carbocycles. The Morgan fingerprint density at radius 3 is 2.35 bits per heavy atom. The number of thioether (sulfide) groups is 1. The van der Waals surface area contributed by atoms with Crippen molar-refractivity contribution in [2.45, 2.75) is 6.92 Å². The highest BCUT2D eigenvalue weighted by Gasteiger charge is 1.93. The van der Waals surface area contributed by atoms with E-state index in [1.807, 2.05) is 37.3 Å². The number of amidine groups is 1. The van der Waals surface area contributed by atoms with Gasteiger partial charge in [-0.25, -0.2) is 4.99 Å². The molecule has 0 aliphatic heterocycles. The van der Waals surface area contributed by atoms with Crippen molar-refractivity contribution in [2.75, 3.05) is 5.75 Å². The predicted molar refractivity (Wildman–Crippen MR) is 83.6 cm³/mol. The van der Waals surface area contributed by atoms with Gasteiger partial charge >= 0.3 is 0 Å². The minimum Gasteiger partial charge on any atom is -0.405 e. The van der Waals surface area contributed by atoms with Gasteiger partial charge in [0.1, 0.15) is 0 Å². The van der Waals surface area contributed by atoms with E-state index in [0.29, 0.717) is 5.17 Å². The fourth-order valence-corrected chi connectivity index (χ4v) is 1.54. The van der Waals surface area contributed by atoms with E-state index < -0.39 is 0 Å². The fraction of sp³-hybridized carbons (Fsp3) is 0.182. The number of nitrogens with zero attached hydrogens (tertiary/aromatic N) is 1. The second kappa shape index (κ2) is 10.3. The van der Waals surface area contributed by atoms with Gasteiger partial charge in [0.15, 0.2) is 5.17 Å². The Hall–Kier alpha value is -0.840. The van der Waals surface area contributed by atoms with E-state index in [1.165, 1.54) is 18.0 Å². The van der Waals surface area contributed by atoms with Crippen LogP contribution in [0.5, 0.6) is 0 Å². The van der Waals surface area contributed by atoms with Crippen LogP contribution in [-0.4, -0.2) is 10.9 Å². The normalized spacial score (nSPS) is 10.8. The molecule has 0 aromatic heterocycles. The van der Waals surface area contributed by atoms with Crippen molar-refractivity contribution in [1.82, 2.24) is 0 Å². The summed E-state index contributed by atoms with van der Waals surface area (Å²) >= 11 is 1.53. The number of nitrogens with two attached hydrogens (primary N) is 2. The maximum atomic E-state index is 5.69. The lowest BCUT2D eigenvalue weighted by molar-refractivity contribution is 1.48. The number of halogens is 2. The maximum Gasteiger partial charge on any atom is 0.159 e. The van der Waals surface area contributed by atoms with Gasteiger partial charge in [-0.05, 0) is 35.7 Å². The van der Waals surface area contributed by atoms with Crippen LogP contribution in [0.25, 0.3) is 6.08 Å². The second-order valence-corrected chi connectivity index (χ2v) is 4.12. The first-order valence-electron chi connectivity index (χ1n) is 4.71. The number of benzene rings is 1. The minimum atomic E-state index is 0. The summed E-state index contributed by atoms with van der Waals surface area (Å²) in [6.07, 6.45) is 3.34. The van der Waals surface area contributed by atoms with Crippen molar-refractivity contribution in [3.63, 3.8) is 0 Å². The topological polar surface area (TPSA) is 64.4 Å². The molecule has 0 amide bonds. The number of rotatable bonds is 3. The lowest BCUT2D eigenvalue weighted by atomic mass is 10.2. The van der Waals surface area contributed by atoms with Crippen LogP contribution in [0.3, 0.4) is 0 Å². The van der Waals surface area contributed by atoms with Gasteiger partial charge in [-0.15, -0.1) is 24.8 Å². The summed E-state index contributed by atoms with van der Waals surface area (Å²) in [5.41, 5.74) is 12.9. The largest absolute Gasteiger partial charge is 0.405 e. The Kier molecular flexibility index (Phi) is 11.2. The summed E-state index contributed by atoms with van der Waals surface area (Å²) in [6, 6.07) is 7.73. The molecule has 0 heterocycles. The summed E-state index contributed by atoms with van der Waals surface area (Å²) in [5, 5.41) is 0.597. The molecule has 0 radical (unpaired) electrons. The van der Waals surface area contributed by atoms with Gasteiger partial charge in [-0.3, -0.25) is 0 Å². The zero-order chi connectivity index (χ0) is 11.1. The molecule has 1 aromatic carbocycles. The Morgan fingerprint density at radius 1 is 1.29 bits per heavy atom. The summed E-state index contributed by atoms with van der Waals surface area (Å²) in [4.78, 5) is 4.25. The van der Waals surface area contributed by atoms with Gasteiger partial charge < -0.3 is 11.5 Å². The summed E-state index contributed by atoms with van der Waals surface area (Å²) in [7, 11) is 0. The van der Waals surface area contributed by atoms with E-state index in [0.717, 1.165) is 17.0 Å². The minimum absolute atomic E-state index is 0. The van der Waals surface area contributed by atoms with Crippen molar-refractivity contribution in [3.8, 4) is 0 Å². The molecule has 0 unspecified atom stereocenters. The monoisotopic (exact) mass is 293 g/mol. The molecular weight excluding hydrogens is 277 g/mol. The quantitative estimate of drug-likeness (QED) is 0.665. The van der Waals surface area contributed by atoms with Crippen LogP contribution in [0.2, 0.25) is 0 Å². The van der Waals surface area contributed by atoms with Gasteiger partial charge in [0.25, 0.3) is 0 Å². The lowest BCUT2D eigenvalue weighted by Crippen LogP contribution is -2.05. The maximum absolute atomic E-state index is 5.69. The fourth-order valence-electron chi connectivity index (χ4n) is 1.08. The van der Waals surface area contributed by atoms with Crippen LogP contribution in [0.1, 0.15) is 12.5 Å². The van der Waals surface area contributed by atoms with Crippen molar-refractivity contribution in [1.29, 1.82) is 0 Å². The van der Waals surface area contributed by atoms with Crippen molar-refractivity contribution >= 4 is 53.5 Å². The van der Waals surface area contributed by atoms with Crippen LogP contribution in [0, 0.1) is 0 Å². The predicted octanol–water partition coefficient (Wildman–Crippen LogP) is 3.16. The first kappa shape index (κ1) is 18.5. The molecule has 17 heavy (non-hydrogen) atoms. The van der Waals surface area contributed by atoms with Gasteiger partial charge in [0.05, 0.1) is 5.69 Å². The number of aliphatic imine (C=N–C) groups is 1. The first-order chi connectivity index (χ1) is 7.26. The third-order valence-electron chi connectivity index (χ3n) is 1.71. The highest BCUT2D eigenvalue weighted by molar-refractivity contribution is 8.13. The third-order valence-corrected chi connectivity index (χ3v) is 2.39. The Balaban J connectivity index is 0. The van der Waals surface area contributed by atoms with Crippen LogP contribution in [-0.2, 0) is 0 Å². The van der Waals surface area contributed by atoms with Crippen LogP contribution in [0.15, 0.2) is 35.5 Å². The third kappa shape index (κ3) is 7.15. The van der Waals surface area contributed by atoms with Crippen molar-refractivity contribution in [2.24, 2.45) is 16.5 Å². The second-order valence-electron chi connectivity index (χ2n) is 2.83. The van der Waals surface area contributed by atoms with E-state index in [2.05, 4.69) is 4.99 Å². The zero-order valence-electron chi connectivity index (χ0n) is 9.50. The molecule has 0 spiro atoms.